The van der Waals surface area contributed by atoms with Crippen LogP contribution in [0.1, 0.15) is 19.4 Å². The summed E-state index contributed by atoms with van der Waals surface area (Å²) in [5.74, 6) is 0. The number of aliphatic hydroxyl groups is 1. The van der Waals surface area contributed by atoms with Gasteiger partial charge in [0.1, 0.15) is 0 Å². The van der Waals surface area contributed by atoms with Crippen molar-refractivity contribution in [1.82, 2.24) is 10.6 Å². The van der Waals surface area contributed by atoms with Crippen molar-refractivity contribution >= 4 is 0 Å². The first-order chi connectivity index (χ1) is 7.64. The molecule has 0 aliphatic heterocycles. The van der Waals surface area contributed by atoms with Gasteiger partial charge in [-0.05, 0) is 19.4 Å². The standard InChI is InChI=1S/C13H22N2O/c1-13(2,11-16)15-9-8-14-10-12-6-4-3-5-7-12/h3-7,14-16H,8-11H2,1-2H3. The number of rotatable bonds is 7. The fourth-order valence-corrected chi connectivity index (χ4v) is 1.37. The van der Waals surface area contributed by atoms with Crippen molar-refractivity contribution < 1.29 is 5.11 Å². The van der Waals surface area contributed by atoms with Crippen molar-refractivity contribution in [2.45, 2.75) is 25.9 Å². The molecule has 0 atom stereocenters. The topological polar surface area (TPSA) is 44.3 Å². The third-order valence-electron chi connectivity index (χ3n) is 2.47. The van der Waals surface area contributed by atoms with Gasteiger partial charge in [0.25, 0.3) is 0 Å². The summed E-state index contributed by atoms with van der Waals surface area (Å²) in [6.07, 6.45) is 0. The lowest BCUT2D eigenvalue weighted by Crippen LogP contribution is -2.45. The van der Waals surface area contributed by atoms with E-state index in [0.29, 0.717) is 0 Å². The van der Waals surface area contributed by atoms with Crippen LogP contribution in [0.15, 0.2) is 30.3 Å². The molecule has 0 bridgehead atoms. The predicted octanol–water partition coefficient (Wildman–Crippen LogP) is 1.14. The summed E-state index contributed by atoms with van der Waals surface area (Å²) in [6.45, 7) is 6.79. The summed E-state index contributed by atoms with van der Waals surface area (Å²) in [5.41, 5.74) is 1.11. The molecule has 0 amide bonds. The van der Waals surface area contributed by atoms with Gasteiger partial charge in [-0.1, -0.05) is 30.3 Å². The van der Waals surface area contributed by atoms with Crippen LogP contribution >= 0.6 is 0 Å². The molecule has 1 aromatic rings. The third-order valence-corrected chi connectivity index (χ3v) is 2.47. The van der Waals surface area contributed by atoms with Crippen LogP contribution in [-0.4, -0.2) is 30.3 Å². The number of nitrogens with one attached hydrogen (secondary N) is 2. The van der Waals surface area contributed by atoms with E-state index in [1.165, 1.54) is 5.56 Å². The third kappa shape index (κ3) is 5.26. The zero-order chi connectivity index (χ0) is 11.9. The number of hydrogen-bond acceptors (Lipinski definition) is 3. The number of benzene rings is 1. The highest BCUT2D eigenvalue weighted by molar-refractivity contribution is 5.14. The first-order valence-corrected chi connectivity index (χ1v) is 5.74. The lowest BCUT2D eigenvalue weighted by molar-refractivity contribution is 0.189. The first-order valence-electron chi connectivity index (χ1n) is 5.74. The highest BCUT2D eigenvalue weighted by Gasteiger charge is 2.13. The van der Waals surface area contributed by atoms with Gasteiger partial charge in [0.2, 0.25) is 0 Å². The Bertz CT molecular complexity index is 285. The lowest BCUT2D eigenvalue weighted by Gasteiger charge is -2.23. The largest absolute Gasteiger partial charge is 0.394 e. The van der Waals surface area contributed by atoms with Gasteiger partial charge < -0.3 is 15.7 Å². The van der Waals surface area contributed by atoms with E-state index in [0.717, 1.165) is 19.6 Å². The van der Waals surface area contributed by atoms with Gasteiger partial charge in [-0.3, -0.25) is 0 Å². The normalized spacial score (nSPS) is 11.7. The Kier molecular flexibility index (Phi) is 5.46. The summed E-state index contributed by atoms with van der Waals surface area (Å²) in [5, 5.41) is 15.7. The highest BCUT2D eigenvalue weighted by Crippen LogP contribution is 1.98. The van der Waals surface area contributed by atoms with Crippen LogP contribution in [0.25, 0.3) is 0 Å². The lowest BCUT2D eigenvalue weighted by atomic mass is 10.1. The number of hydrogen-bond donors (Lipinski definition) is 3. The second-order valence-corrected chi connectivity index (χ2v) is 4.63. The predicted molar refractivity (Wildman–Crippen MR) is 67.3 cm³/mol. The van der Waals surface area contributed by atoms with E-state index in [9.17, 15) is 0 Å². The van der Waals surface area contributed by atoms with E-state index in [-0.39, 0.29) is 12.1 Å². The van der Waals surface area contributed by atoms with Gasteiger partial charge in [0, 0.05) is 25.2 Å². The minimum absolute atomic E-state index is 0.158. The minimum atomic E-state index is -0.186. The van der Waals surface area contributed by atoms with E-state index in [1.807, 2.05) is 32.0 Å². The average Bonchev–Trinajstić information content (AvgIpc) is 2.30. The van der Waals surface area contributed by atoms with Gasteiger partial charge in [-0.2, -0.15) is 0 Å². The molecule has 1 aromatic carbocycles. The van der Waals surface area contributed by atoms with Crippen LogP contribution in [0.5, 0.6) is 0 Å². The maximum atomic E-state index is 9.05. The monoisotopic (exact) mass is 222 g/mol. The summed E-state index contributed by atoms with van der Waals surface area (Å²) < 4.78 is 0. The average molecular weight is 222 g/mol. The van der Waals surface area contributed by atoms with E-state index in [4.69, 9.17) is 5.11 Å². The van der Waals surface area contributed by atoms with Gasteiger partial charge in [0.15, 0.2) is 0 Å². The van der Waals surface area contributed by atoms with Crippen LogP contribution in [0, 0.1) is 0 Å². The van der Waals surface area contributed by atoms with Crippen LogP contribution in [0.2, 0.25) is 0 Å². The Labute approximate surface area is 97.9 Å². The molecule has 0 radical (unpaired) electrons. The molecule has 3 nitrogen and oxygen atoms in total. The van der Waals surface area contributed by atoms with E-state index in [1.54, 1.807) is 0 Å². The molecule has 3 N–H and O–H groups in total. The van der Waals surface area contributed by atoms with E-state index >= 15 is 0 Å². The molecule has 0 saturated carbocycles. The Morgan fingerprint density at radius 3 is 2.44 bits per heavy atom. The number of aliphatic hydroxyl groups excluding tert-OH is 1. The molecule has 1 rings (SSSR count). The molecular formula is C13H22N2O. The Morgan fingerprint density at radius 2 is 1.81 bits per heavy atom. The molecule has 90 valence electrons. The highest BCUT2D eigenvalue weighted by atomic mass is 16.3. The molecule has 0 saturated heterocycles. The SMILES string of the molecule is CC(C)(CO)NCCNCc1ccccc1. The Hall–Kier alpha value is -0.900. The molecule has 0 unspecified atom stereocenters. The van der Waals surface area contributed by atoms with Crippen molar-refractivity contribution in [2.75, 3.05) is 19.7 Å². The van der Waals surface area contributed by atoms with Crippen LogP contribution in [-0.2, 0) is 6.54 Å². The maximum absolute atomic E-state index is 9.05. The summed E-state index contributed by atoms with van der Waals surface area (Å²) >= 11 is 0. The molecular weight excluding hydrogens is 200 g/mol. The molecule has 0 aromatic heterocycles. The summed E-state index contributed by atoms with van der Waals surface area (Å²) in [6, 6.07) is 10.3. The van der Waals surface area contributed by atoms with Crippen LogP contribution in [0.4, 0.5) is 0 Å². The Morgan fingerprint density at radius 1 is 1.12 bits per heavy atom. The molecule has 0 spiro atoms. The maximum Gasteiger partial charge on any atom is 0.0607 e. The van der Waals surface area contributed by atoms with E-state index in [2.05, 4.69) is 22.8 Å². The zero-order valence-corrected chi connectivity index (χ0v) is 10.2. The van der Waals surface area contributed by atoms with Crippen molar-refractivity contribution in [3.05, 3.63) is 35.9 Å². The van der Waals surface area contributed by atoms with Gasteiger partial charge >= 0.3 is 0 Å². The van der Waals surface area contributed by atoms with Crippen LogP contribution in [0.3, 0.4) is 0 Å². The molecule has 16 heavy (non-hydrogen) atoms. The summed E-state index contributed by atoms with van der Waals surface area (Å²) in [7, 11) is 0. The molecule has 0 heterocycles. The van der Waals surface area contributed by atoms with Gasteiger partial charge in [0.05, 0.1) is 6.61 Å². The quantitative estimate of drug-likeness (QED) is 0.606. The fraction of sp³-hybridized carbons (Fsp3) is 0.538. The van der Waals surface area contributed by atoms with Crippen molar-refractivity contribution in [2.24, 2.45) is 0 Å². The van der Waals surface area contributed by atoms with Crippen LogP contribution < -0.4 is 10.6 Å². The smallest absolute Gasteiger partial charge is 0.0607 e. The van der Waals surface area contributed by atoms with Gasteiger partial charge in [-0.25, -0.2) is 0 Å². The fourth-order valence-electron chi connectivity index (χ4n) is 1.37. The summed E-state index contributed by atoms with van der Waals surface area (Å²) in [4.78, 5) is 0. The van der Waals surface area contributed by atoms with Gasteiger partial charge in [-0.15, -0.1) is 0 Å². The second-order valence-electron chi connectivity index (χ2n) is 4.63. The second kappa shape index (κ2) is 6.63. The van der Waals surface area contributed by atoms with Crippen molar-refractivity contribution in [3.8, 4) is 0 Å². The first kappa shape index (κ1) is 13.2. The molecule has 3 heteroatoms. The molecule has 0 aliphatic carbocycles. The van der Waals surface area contributed by atoms with Crippen molar-refractivity contribution in [1.29, 1.82) is 0 Å². The minimum Gasteiger partial charge on any atom is -0.394 e. The molecule has 0 fully saturated rings. The van der Waals surface area contributed by atoms with E-state index < -0.39 is 0 Å². The molecule has 0 aliphatic rings. The Balaban J connectivity index is 2.09. The van der Waals surface area contributed by atoms with Crippen molar-refractivity contribution in [3.63, 3.8) is 0 Å². The zero-order valence-electron chi connectivity index (χ0n) is 10.2.